The zero-order valence-corrected chi connectivity index (χ0v) is 15.2. The maximum absolute atomic E-state index is 12.8. The molecule has 0 bridgehead atoms. The van der Waals surface area contributed by atoms with Gasteiger partial charge in [0.05, 0.1) is 11.9 Å². The van der Waals surface area contributed by atoms with Crippen LogP contribution in [0.5, 0.6) is 0 Å². The molecule has 0 spiro atoms. The van der Waals surface area contributed by atoms with E-state index in [2.05, 4.69) is 36.9 Å². The van der Waals surface area contributed by atoms with Gasteiger partial charge in [0.15, 0.2) is 0 Å². The molecular weight excluding hydrogens is 384 g/mol. The van der Waals surface area contributed by atoms with Crippen LogP contribution in [-0.2, 0) is 4.79 Å². The van der Waals surface area contributed by atoms with Crippen LogP contribution in [0.15, 0.2) is 53.3 Å². The number of amides is 3. The normalized spacial score (nSPS) is 15.4. The Kier molecular flexibility index (Phi) is 5.33. The van der Waals surface area contributed by atoms with Crippen molar-refractivity contribution in [3.8, 4) is 0 Å². The summed E-state index contributed by atoms with van der Waals surface area (Å²) >= 11 is 3.36. The Labute approximate surface area is 154 Å². The summed E-state index contributed by atoms with van der Waals surface area (Å²) in [7, 11) is 0. The number of aromatic nitrogens is 1. The molecule has 3 N–H and O–H groups in total. The fraction of sp³-hybridized carbons (Fsp3) is 0.278. The van der Waals surface area contributed by atoms with E-state index in [0.29, 0.717) is 24.2 Å². The van der Waals surface area contributed by atoms with Crippen molar-refractivity contribution in [2.75, 3.05) is 10.6 Å². The molecule has 1 heterocycles. The van der Waals surface area contributed by atoms with E-state index in [1.807, 2.05) is 12.1 Å². The Morgan fingerprint density at radius 2 is 1.72 bits per heavy atom. The maximum atomic E-state index is 12.8. The van der Waals surface area contributed by atoms with E-state index >= 15 is 0 Å². The van der Waals surface area contributed by atoms with E-state index in [-0.39, 0.29) is 11.9 Å². The highest BCUT2D eigenvalue weighted by atomic mass is 79.9. The van der Waals surface area contributed by atoms with Gasteiger partial charge in [-0.1, -0.05) is 28.8 Å². The zero-order chi connectivity index (χ0) is 17.7. The van der Waals surface area contributed by atoms with Crippen LogP contribution in [0.4, 0.5) is 16.2 Å². The van der Waals surface area contributed by atoms with Gasteiger partial charge in [0.2, 0.25) is 5.91 Å². The summed E-state index contributed by atoms with van der Waals surface area (Å²) in [6, 6.07) is 10.4. The van der Waals surface area contributed by atoms with Gasteiger partial charge in [0.25, 0.3) is 0 Å². The summed E-state index contributed by atoms with van der Waals surface area (Å²) in [4.78, 5) is 29.2. The highest BCUT2D eigenvalue weighted by molar-refractivity contribution is 9.10. The molecule has 0 unspecified atom stereocenters. The van der Waals surface area contributed by atoms with E-state index in [9.17, 15) is 9.59 Å². The molecule has 0 aliphatic heterocycles. The van der Waals surface area contributed by atoms with Gasteiger partial charge in [-0.25, -0.2) is 4.79 Å². The van der Waals surface area contributed by atoms with Crippen molar-refractivity contribution in [2.45, 2.75) is 31.2 Å². The number of halogens is 1. The second kappa shape index (κ2) is 7.65. The van der Waals surface area contributed by atoms with Gasteiger partial charge in [-0.2, -0.15) is 0 Å². The fourth-order valence-corrected chi connectivity index (χ4v) is 3.25. The van der Waals surface area contributed by atoms with Crippen molar-refractivity contribution >= 4 is 39.2 Å². The third kappa shape index (κ3) is 4.36. The Morgan fingerprint density at radius 1 is 1.00 bits per heavy atom. The van der Waals surface area contributed by atoms with Crippen molar-refractivity contribution in [2.24, 2.45) is 0 Å². The van der Waals surface area contributed by atoms with Gasteiger partial charge < -0.3 is 16.0 Å². The third-order valence-corrected chi connectivity index (χ3v) is 4.79. The average Bonchev–Trinajstić information content (AvgIpc) is 3.07. The number of nitrogens with zero attached hydrogens (tertiary/aromatic N) is 1. The summed E-state index contributed by atoms with van der Waals surface area (Å²) in [5.74, 6) is -0.205. The van der Waals surface area contributed by atoms with Crippen LogP contribution in [0, 0.1) is 0 Å². The Hall–Kier alpha value is -2.41. The quantitative estimate of drug-likeness (QED) is 0.724. The molecule has 7 heteroatoms. The highest BCUT2D eigenvalue weighted by Crippen LogP contribution is 2.31. The van der Waals surface area contributed by atoms with Crippen LogP contribution in [0.25, 0.3) is 0 Å². The molecule has 1 saturated carbocycles. The predicted molar refractivity (Wildman–Crippen MR) is 100 cm³/mol. The topological polar surface area (TPSA) is 83.1 Å². The first kappa shape index (κ1) is 17.4. The van der Waals surface area contributed by atoms with Crippen LogP contribution >= 0.6 is 15.9 Å². The van der Waals surface area contributed by atoms with Crippen molar-refractivity contribution in [3.05, 3.63) is 53.3 Å². The molecule has 3 amide bonds. The van der Waals surface area contributed by atoms with Crippen LogP contribution in [-0.4, -0.2) is 22.5 Å². The van der Waals surface area contributed by atoms with Crippen LogP contribution in [0.2, 0.25) is 0 Å². The van der Waals surface area contributed by atoms with Crippen molar-refractivity contribution in [1.82, 2.24) is 10.3 Å². The van der Waals surface area contributed by atoms with E-state index in [4.69, 9.17) is 0 Å². The summed E-state index contributed by atoms with van der Waals surface area (Å²) in [6.07, 6.45) is 6.27. The Bertz CT molecular complexity index is 743. The molecule has 3 rings (SSSR count). The molecule has 25 heavy (non-hydrogen) atoms. The summed E-state index contributed by atoms with van der Waals surface area (Å²) < 4.78 is 0.932. The summed E-state index contributed by atoms with van der Waals surface area (Å²) in [6.45, 7) is 0. The lowest BCUT2D eigenvalue weighted by Crippen LogP contribution is -2.56. The molecular formula is C18H19BrN4O2. The van der Waals surface area contributed by atoms with Gasteiger partial charge >= 0.3 is 6.03 Å². The van der Waals surface area contributed by atoms with Gasteiger partial charge in [-0.3, -0.25) is 9.78 Å². The predicted octanol–water partition coefficient (Wildman–Crippen LogP) is 3.92. The number of hydrogen-bond acceptors (Lipinski definition) is 3. The maximum Gasteiger partial charge on any atom is 0.320 e. The number of nitrogens with one attached hydrogen (secondary N) is 3. The van der Waals surface area contributed by atoms with Gasteiger partial charge in [0.1, 0.15) is 5.54 Å². The van der Waals surface area contributed by atoms with Crippen molar-refractivity contribution in [1.29, 1.82) is 0 Å². The van der Waals surface area contributed by atoms with Crippen molar-refractivity contribution < 1.29 is 9.59 Å². The van der Waals surface area contributed by atoms with Crippen LogP contribution in [0.1, 0.15) is 25.7 Å². The first-order chi connectivity index (χ1) is 12.1. The number of rotatable bonds is 4. The number of pyridine rings is 1. The molecule has 1 aromatic carbocycles. The first-order valence-corrected chi connectivity index (χ1v) is 8.93. The first-order valence-electron chi connectivity index (χ1n) is 8.14. The molecule has 1 aromatic heterocycles. The molecule has 6 nitrogen and oxygen atoms in total. The number of hydrogen-bond donors (Lipinski definition) is 3. The number of carbonyl (C=O) groups excluding carboxylic acids is 2. The minimum Gasteiger partial charge on any atom is -0.323 e. The zero-order valence-electron chi connectivity index (χ0n) is 13.6. The van der Waals surface area contributed by atoms with Gasteiger partial charge in [-0.05, 0) is 49.2 Å². The lowest BCUT2D eigenvalue weighted by Gasteiger charge is -2.29. The van der Waals surface area contributed by atoms with E-state index in [0.717, 1.165) is 17.3 Å². The second-order valence-electron chi connectivity index (χ2n) is 6.07. The minimum atomic E-state index is -0.894. The molecule has 2 aromatic rings. The summed E-state index contributed by atoms with van der Waals surface area (Å²) in [5, 5.41) is 8.51. The average molecular weight is 403 g/mol. The monoisotopic (exact) mass is 402 g/mol. The third-order valence-electron chi connectivity index (χ3n) is 4.27. The number of anilines is 2. The molecule has 0 radical (unpaired) electrons. The lowest BCUT2D eigenvalue weighted by molar-refractivity contribution is -0.121. The Balaban J connectivity index is 1.68. The molecule has 1 aliphatic carbocycles. The molecule has 1 fully saturated rings. The molecule has 0 atom stereocenters. The smallest absolute Gasteiger partial charge is 0.320 e. The van der Waals surface area contributed by atoms with Crippen molar-refractivity contribution in [3.63, 3.8) is 0 Å². The SMILES string of the molecule is O=C(Nc1ccc(Br)cc1)NC1(C(=O)Nc2cccnc2)CCCC1. The number of carbonyl (C=O) groups is 2. The molecule has 130 valence electrons. The van der Waals surface area contributed by atoms with Gasteiger partial charge in [-0.15, -0.1) is 0 Å². The second-order valence-corrected chi connectivity index (χ2v) is 6.99. The van der Waals surface area contributed by atoms with Crippen LogP contribution in [0.3, 0.4) is 0 Å². The molecule has 0 saturated heterocycles. The lowest BCUT2D eigenvalue weighted by atomic mass is 9.96. The summed E-state index contributed by atoms with van der Waals surface area (Å²) in [5.41, 5.74) is 0.394. The van der Waals surface area contributed by atoms with E-state index in [1.165, 1.54) is 0 Å². The van der Waals surface area contributed by atoms with Crippen LogP contribution < -0.4 is 16.0 Å². The fourth-order valence-electron chi connectivity index (χ4n) is 2.99. The highest BCUT2D eigenvalue weighted by Gasteiger charge is 2.42. The van der Waals surface area contributed by atoms with Gasteiger partial charge in [0, 0.05) is 16.4 Å². The minimum absolute atomic E-state index is 0.205. The standard InChI is InChI=1S/C18H19BrN4O2/c19-13-5-7-14(8-6-13)22-17(25)23-18(9-1-2-10-18)16(24)21-15-4-3-11-20-12-15/h3-8,11-12H,1-2,9-10H2,(H,21,24)(H2,22,23,25). The number of benzene rings is 1. The number of urea groups is 1. The van der Waals surface area contributed by atoms with E-state index in [1.54, 1.807) is 36.7 Å². The largest absolute Gasteiger partial charge is 0.323 e. The molecule has 1 aliphatic rings. The Morgan fingerprint density at radius 3 is 2.36 bits per heavy atom. The van der Waals surface area contributed by atoms with E-state index < -0.39 is 5.54 Å².